The molecule has 2 aromatic heterocycles. The fourth-order valence-electron chi connectivity index (χ4n) is 4.73. The maximum atomic E-state index is 5.01. The van der Waals surface area contributed by atoms with Crippen molar-refractivity contribution < 1.29 is 0 Å². The van der Waals surface area contributed by atoms with Gasteiger partial charge in [-0.25, -0.2) is 19.9 Å². The van der Waals surface area contributed by atoms with E-state index in [-0.39, 0.29) is 0 Å². The average molecular weight is 487 g/mol. The summed E-state index contributed by atoms with van der Waals surface area (Å²) in [5.74, 6) is 1.93. The number of benzene rings is 5. The first kappa shape index (κ1) is 22.0. The van der Waals surface area contributed by atoms with Gasteiger partial charge in [-0.2, -0.15) is 0 Å². The molecule has 0 radical (unpaired) electrons. The van der Waals surface area contributed by atoms with Gasteiger partial charge in [0.25, 0.3) is 0 Å². The summed E-state index contributed by atoms with van der Waals surface area (Å²) in [6.07, 6.45) is 0. The standard InChI is InChI=1S/C34H22N4/c1-3-10-23(11-4-1)32-36-33(24-12-5-2-6-13-24)38-34(37-32)29-17-9-16-27(21-29)30-19-18-28-20-25-14-7-8-15-26(25)22-31(28)35-30/h1-22H. The zero-order valence-corrected chi connectivity index (χ0v) is 20.5. The Kier molecular flexibility index (Phi) is 5.41. The van der Waals surface area contributed by atoms with Crippen LogP contribution < -0.4 is 0 Å². The van der Waals surface area contributed by atoms with Crippen LogP contribution in [0.5, 0.6) is 0 Å². The number of fused-ring (bicyclic) bond motifs is 2. The van der Waals surface area contributed by atoms with Crippen LogP contribution in [0.15, 0.2) is 133 Å². The van der Waals surface area contributed by atoms with Gasteiger partial charge in [-0.05, 0) is 35.0 Å². The minimum atomic E-state index is 0.631. The van der Waals surface area contributed by atoms with E-state index in [1.165, 1.54) is 10.8 Å². The number of rotatable bonds is 4. The molecule has 0 aliphatic heterocycles. The van der Waals surface area contributed by atoms with E-state index in [1.807, 2.05) is 72.8 Å². The summed E-state index contributed by atoms with van der Waals surface area (Å²) in [7, 11) is 0. The Hall–Kier alpha value is -5.22. The van der Waals surface area contributed by atoms with Gasteiger partial charge >= 0.3 is 0 Å². The van der Waals surface area contributed by atoms with Gasteiger partial charge in [0, 0.05) is 27.6 Å². The molecule has 7 aromatic rings. The second-order valence-electron chi connectivity index (χ2n) is 9.21. The highest BCUT2D eigenvalue weighted by Crippen LogP contribution is 2.29. The van der Waals surface area contributed by atoms with E-state index in [2.05, 4.69) is 60.7 Å². The predicted octanol–water partition coefficient (Wildman–Crippen LogP) is 8.24. The molecule has 0 atom stereocenters. The lowest BCUT2D eigenvalue weighted by molar-refractivity contribution is 1.07. The van der Waals surface area contributed by atoms with E-state index in [9.17, 15) is 0 Å². The third-order valence-electron chi connectivity index (χ3n) is 6.67. The van der Waals surface area contributed by atoms with Crippen molar-refractivity contribution in [2.24, 2.45) is 0 Å². The summed E-state index contributed by atoms with van der Waals surface area (Å²) >= 11 is 0. The minimum absolute atomic E-state index is 0.631. The average Bonchev–Trinajstić information content (AvgIpc) is 3.00. The van der Waals surface area contributed by atoms with Crippen molar-refractivity contribution in [3.63, 3.8) is 0 Å². The smallest absolute Gasteiger partial charge is 0.164 e. The van der Waals surface area contributed by atoms with Crippen LogP contribution in [0, 0.1) is 0 Å². The van der Waals surface area contributed by atoms with Gasteiger partial charge in [-0.1, -0.05) is 109 Å². The summed E-state index contributed by atoms with van der Waals surface area (Å²) in [5, 5.41) is 3.53. The van der Waals surface area contributed by atoms with Gasteiger partial charge in [0.15, 0.2) is 17.5 Å². The highest BCUT2D eigenvalue weighted by Gasteiger charge is 2.13. The van der Waals surface area contributed by atoms with Crippen molar-refractivity contribution in [3.8, 4) is 45.4 Å². The van der Waals surface area contributed by atoms with Gasteiger partial charge in [-0.3, -0.25) is 0 Å². The van der Waals surface area contributed by atoms with E-state index in [0.717, 1.165) is 38.9 Å². The van der Waals surface area contributed by atoms with Gasteiger partial charge in [-0.15, -0.1) is 0 Å². The van der Waals surface area contributed by atoms with Gasteiger partial charge in [0.2, 0.25) is 0 Å². The maximum Gasteiger partial charge on any atom is 0.164 e. The van der Waals surface area contributed by atoms with Crippen molar-refractivity contribution in [2.45, 2.75) is 0 Å². The van der Waals surface area contributed by atoms with Crippen LogP contribution in [0.3, 0.4) is 0 Å². The lowest BCUT2D eigenvalue weighted by atomic mass is 10.0. The van der Waals surface area contributed by atoms with Crippen LogP contribution in [-0.4, -0.2) is 19.9 Å². The van der Waals surface area contributed by atoms with Crippen molar-refractivity contribution in [2.75, 3.05) is 0 Å². The predicted molar refractivity (Wildman–Crippen MR) is 154 cm³/mol. The topological polar surface area (TPSA) is 51.6 Å². The lowest BCUT2D eigenvalue weighted by Crippen LogP contribution is -2.00. The minimum Gasteiger partial charge on any atom is -0.248 e. The summed E-state index contributed by atoms with van der Waals surface area (Å²) in [6, 6.07) is 45.3. The molecule has 0 unspecified atom stereocenters. The third kappa shape index (κ3) is 4.18. The summed E-state index contributed by atoms with van der Waals surface area (Å²) in [4.78, 5) is 19.6. The van der Waals surface area contributed by atoms with Crippen LogP contribution in [0.2, 0.25) is 0 Å². The number of hydrogen-bond acceptors (Lipinski definition) is 4. The van der Waals surface area contributed by atoms with E-state index in [1.54, 1.807) is 0 Å². The molecule has 0 fully saturated rings. The Morgan fingerprint density at radius 3 is 1.50 bits per heavy atom. The number of aromatic nitrogens is 4. The first-order chi connectivity index (χ1) is 18.8. The molecular formula is C34H22N4. The number of pyridine rings is 1. The van der Waals surface area contributed by atoms with Crippen LogP contribution in [0.25, 0.3) is 67.1 Å². The third-order valence-corrected chi connectivity index (χ3v) is 6.67. The van der Waals surface area contributed by atoms with E-state index in [0.29, 0.717) is 17.5 Å². The van der Waals surface area contributed by atoms with Gasteiger partial charge in [0.1, 0.15) is 0 Å². The molecule has 0 bridgehead atoms. The van der Waals surface area contributed by atoms with Crippen LogP contribution in [0.1, 0.15) is 0 Å². The highest BCUT2D eigenvalue weighted by molar-refractivity contribution is 5.97. The quantitative estimate of drug-likeness (QED) is 0.235. The van der Waals surface area contributed by atoms with E-state index in [4.69, 9.17) is 19.9 Å². The molecule has 0 spiro atoms. The molecule has 0 saturated carbocycles. The van der Waals surface area contributed by atoms with Crippen molar-refractivity contribution in [1.82, 2.24) is 19.9 Å². The molecule has 4 heteroatoms. The lowest BCUT2D eigenvalue weighted by Gasteiger charge is -2.10. The summed E-state index contributed by atoms with van der Waals surface area (Å²) in [6.45, 7) is 0. The van der Waals surface area contributed by atoms with Crippen molar-refractivity contribution in [1.29, 1.82) is 0 Å². The zero-order valence-electron chi connectivity index (χ0n) is 20.5. The fourth-order valence-corrected chi connectivity index (χ4v) is 4.73. The zero-order chi connectivity index (χ0) is 25.3. The van der Waals surface area contributed by atoms with Gasteiger partial charge in [0.05, 0.1) is 11.2 Å². The number of hydrogen-bond donors (Lipinski definition) is 0. The SMILES string of the molecule is c1ccc(-c2nc(-c3ccccc3)nc(-c3cccc(-c4ccc5cc6ccccc6cc5n4)c3)n2)cc1. The Bertz CT molecular complexity index is 1860. The second kappa shape index (κ2) is 9.34. The Morgan fingerprint density at radius 2 is 0.842 bits per heavy atom. The first-order valence-corrected chi connectivity index (χ1v) is 12.6. The molecule has 38 heavy (non-hydrogen) atoms. The maximum absolute atomic E-state index is 5.01. The normalized spacial score (nSPS) is 11.2. The molecule has 0 N–H and O–H groups in total. The second-order valence-corrected chi connectivity index (χ2v) is 9.21. The first-order valence-electron chi connectivity index (χ1n) is 12.6. The van der Waals surface area contributed by atoms with Crippen molar-refractivity contribution >= 4 is 21.7 Å². The van der Waals surface area contributed by atoms with E-state index < -0.39 is 0 Å². The number of nitrogens with zero attached hydrogens (tertiary/aromatic N) is 4. The molecule has 178 valence electrons. The molecule has 0 saturated heterocycles. The monoisotopic (exact) mass is 486 g/mol. The summed E-state index contributed by atoms with van der Waals surface area (Å²) < 4.78 is 0. The largest absolute Gasteiger partial charge is 0.248 e. The molecule has 7 rings (SSSR count). The molecule has 0 aliphatic rings. The molecular weight excluding hydrogens is 464 g/mol. The summed E-state index contributed by atoms with van der Waals surface area (Å²) in [5.41, 5.74) is 5.72. The Labute approximate surface area is 220 Å². The van der Waals surface area contributed by atoms with Crippen LogP contribution in [-0.2, 0) is 0 Å². The van der Waals surface area contributed by atoms with Gasteiger partial charge < -0.3 is 0 Å². The molecule has 4 nitrogen and oxygen atoms in total. The molecule has 0 amide bonds. The molecule has 0 aliphatic carbocycles. The Balaban J connectivity index is 1.34. The molecule has 5 aromatic carbocycles. The van der Waals surface area contributed by atoms with E-state index >= 15 is 0 Å². The van der Waals surface area contributed by atoms with Crippen LogP contribution in [0.4, 0.5) is 0 Å². The Morgan fingerprint density at radius 1 is 0.316 bits per heavy atom. The van der Waals surface area contributed by atoms with Crippen molar-refractivity contribution in [3.05, 3.63) is 133 Å². The fraction of sp³-hybridized carbons (Fsp3) is 0. The van der Waals surface area contributed by atoms with Crippen LogP contribution >= 0.6 is 0 Å². The highest BCUT2D eigenvalue weighted by atomic mass is 15.0. The molecule has 2 heterocycles.